The second-order valence-corrected chi connectivity index (χ2v) is 4.72. The van der Waals surface area contributed by atoms with E-state index < -0.39 is 0 Å². The zero-order chi connectivity index (χ0) is 9.14. The molecule has 0 aliphatic heterocycles. The van der Waals surface area contributed by atoms with Crippen molar-refractivity contribution in [2.45, 2.75) is 39.7 Å². The zero-order valence-electron chi connectivity index (χ0n) is 8.05. The van der Waals surface area contributed by atoms with Gasteiger partial charge in [-0.15, -0.1) is 11.3 Å². The molecular formula is C10H17NS. The first-order valence-corrected chi connectivity index (χ1v) is 5.29. The number of hydrogen-bond donors (Lipinski definition) is 1. The van der Waals surface area contributed by atoms with Gasteiger partial charge in [0.25, 0.3) is 0 Å². The van der Waals surface area contributed by atoms with E-state index in [1.165, 1.54) is 15.3 Å². The first-order valence-electron chi connectivity index (χ1n) is 4.47. The molecule has 0 fully saturated rings. The Kier molecular flexibility index (Phi) is 3.29. The van der Waals surface area contributed by atoms with E-state index in [2.05, 4.69) is 26.8 Å². The Morgan fingerprint density at radius 3 is 2.58 bits per heavy atom. The van der Waals surface area contributed by atoms with Gasteiger partial charge < -0.3 is 5.73 Å². The van der Waals surface area contributed by atoms with Gasteiger partial charge >= 0.3 is 0 Å². The largest absolute Gasteiger partial charge is 0.324 e. The molecule has 1 heterocycles. The number of rotatable bonds is 3. The number of thiophene rings is 1. The van der Waals surface area contributed by atoms with Crippen LogP contribution in [-0.2, 0) is 0 Å². The van der Waals surface area contributed by atoms with Crippen LogP contribution in [0.1, 0.15) is 41.1 Å². The van der Waals surface area contributed by atoms with Crippen molar-refractivity contribution in [1.29, 1.82) is 0 Å². The molecule has 2 N–H and O–H groups in total. The zero-order valence-corrected chi connectivity index (χ0v) is 8.87. The summed E-state index contributed by atoms with van der Waals surface area (Å²) in [5, 5.41) is 0. The number of hydrogen-bond acceptors (Lipinski definition) is 2. The minimum absolute atomic E-state index is 0.250. The average Bonchev–Trinajstić information content (AvgIpc) is 2.30. The van der Waals surface area contributed by atoms with E-state index in [9.17, 15) is 0 Å². The van der Waals surface area contributed by atoms with Crippen LogP contribution in [-0.4, -0.2) is 0 Å². The van der Waals surface area contributed by atoms with Crippen molar-refractivity contribution < 1.29 is 0 Å². The number of nitrogens with two attached hydrogens (primary N) is 1. The maximum absolute atomic E-state index is 6.03. The van der Waals surface area contributed by atoms with Gasteiger partial charge in [0.1, 0.15) is 0 Å². The lowest BCUT2D eigenvalue weighted by atomic mass is 10.0. The molecule has 0 amide bonds. The quantitative estimate of drug-likeness (QED) is 0.765. The lowest BCUT2D eigenvalue weighted by Gasteiger charge is -2.08. The molecule has 0 aliphatic rings. The van der Waals surface area contributed by atoms with E-state index in [0.717, 1.165) is 12.8 Å². The van der Waals surface area contributed by atoms with Crippen LogP contribution in [0.15, 0.2) is 6.07 Å². The van der Waals surface area contributed by atoms with E-state index in [0.29, 0.717) is 0 Å². The molecule has 12 heavy (non-hydrogen) atoms. The highest BCUT2D eigenvalue weighted by Gasteiger charge is 2.09. The van der Waals surface area contributed by atoms with Crippen LogP contribution >= 0.6 is 11.3 Å². The SMILES string of the molecule is CCCC(N)c1cc(C)sc1C. The van der Waals surface area contributed by atoms with Crippen LogP contribution in [0.4, 0.5) is 0 Å². The van der Waals surface area contributed by atoms with Crippen LogP contribution in [0.5, 0.6) is 0 Å². The van der Waals surface area contributed by atoms with Gasteiger partial charge in [-0.2, -0.15) is 0 Å². The van der Waals surface area contributed by atoms with Gasteiger partial charge in [0.15, 0.2) is 0 Å². The summed E-state index contributed by atoms with van der Waals surface area (Å²) in [4.78, 5) is 2.75. The molecule has 0 saturated heterocycles. The third-order valence-electron chi connectivity index (χ3n) is 2.08. The second-order valence-electron chi connectivity index (χ2n) is 3.26. The fraction of sp³-hybridized carbons (Fsp3) is 0.600. The summed E-state index contributed by atoms with van der Waals surface area (Å²) in [6.07, 6.45) is 2.26. The van der Waals surface area contributed by atoms with E-state index in [1.807, 2.05) is 11.3 Å². The summed E-state index contributed by atoms with van der Waals surface area (Å²) < 4.78 is 0. The third kappa shape index (κ3) is 2.08. The molecule has 1 aromatic heterocycles. The highest BCUT2D eigenvalue weighted by molar-refractivity contribution is 7.12. The standard InChI is InChI=1S/C10H17NS/c1-4-5-10(11)9-6-7(2)12-8(9)3/h6,10H,4-5,11H2,1-3H3. The van der Waals surface area contributed by atoms with Crippen molar-refractivity contribution in [3.63, 3.8) is 0 Å². The van der Waals surface area contributed by atoms with Gasteiger partial charge in [-0.05, 0) is 31.9 Å². The first-order chi connectivity index (χ1) is 5.65. The molecule has 0 bridgehead atoms. The molecule has 1 unspecified atom stereocenters. The molecule has 2 heteroatoms. The Morgan fingerprint density at radius 2 is 2.17 bits per heavy atom. The molecule has 0 saturated carbocycles. The molecule has 1 rings (SSSR count). The highest BCUT2D eigenvalue weighted by atomic mass is 32.1. The lowest BCUT2D eigenvalue weighted by molar-refractivity contribution is 0.637. The third-order valence-corrected chi connectivity index (χ3v) is 3.06. The topological polar surface area (TPSA) is 26.0 Å². The Hall–Kier alpha value is -0.340. The van der Waals surface area contributed by atoms with Gasteiger partial charge in [0.2, 0.25) is 0 Å². The lowest BCUT2D eigenvalue weighted by Crippen LogP contribution is -2.09. The summed E-state index contributed by atoms with van der Waals surface area (Å²) in [5.41, 5.74) is 7.37. The van der Waals surface area contributed by atoms with Crippen LogP contribution < -0.4 is 5.73 Å². The molecule has 0 spiro atoms. The van der Waals surface area contributed by atoms with Gasteiger partial charge in [0, 0.05) is 15.8 Å². The molecule has 0 aliphatic carbocycles. The van der Waals surface area contributed by atoms with Crippen LogP contribution in [0.25, 0.3) is 0 Å². The van der Waals surface area contributed by atoms with E-state index in [4.69, 9.17) is 5.73 Å². The summed E-state index contributed by atoms with van der Waals surface area (Å²) in [6, 6.07) is 2.47. The number of aryl methyl sites for hydroxylation is 2. The van der Waals surface area contributed by atoms with Crippen molar-refractivity contribution >= 4 is 11.3 Å². The Balaban J connectivity index is 2.79. The predicted molar refractivity (Wildman–Crippen MR) is 55.6 cm³/mol. The van der Waals surface area contributed by atoms with Crippen molar-refractivity contribution in [1.82, 2.24) is 0 Å². The Bertz CT molecular complexity index is 252. The van der Waals surface area contributed by atoms with Crippen LogP contribution in [0.2, 0.25) is 0 Å². The molecule has 0 aromatic carbocycles. The minimum atomic E-state index is 0.250. The van der Waals surface area contributed by atoms with Crippen LogP contribution in [0, 0.1) is 13.8 Å². The first kappa shape index (κ1) is 9.75. The van der Waals surface area contributed by atoms with Crippen molar-refractivity contribution in [2.24, 2.45) is 5.73 Å². The van der Waals surface area contributed by atoms with Gasteiger partial charge in [-0.1, -0.05) is 13.3 Å². The highest BCUT2D eigenvalue weighted by Crippen LogP contribution is 2.27. The van der Waals surface area contributed by atoms with Gasteiger partial charge in [-0.25, -0.2) is 0 Å². The van der Waals surface area contributed by atoms with E-state index in [1.54, 1.807) is 0 Å². The molecule has 68 valence electrons. The molecule has 1 nitrogen and oxygen atoms in total. The summed E-state index contributed by atoms with van der Waals surface area (Å²) in [6.45, 7) is 6.47. The normalized spacial score (nSPS) is 13.3. The van der Waals surface area contributed by atoms with Crippen molar-refractivity contribution in [2.75, 3.05) is 0 Å². The van der Waals surface area contributed by atoms with Gasteiger partial charge in [0.05, 0.1) is 0 Å². The molecule has 1 aromatic rings. The minimum Gasteiger partial charge on any atom is -0.324 e. The maximum atomic E-state index is 6.03. The predicted octanol–water partition coefficient (Wildman–Crippen LogP) is 3.16. The summed E-state index contributed by atoms with van der Waals surface area (Å²) in [5.74, 6) is 0. The van der Waals surface area contributed by atoms with Gasteiger partial charge in [-0.3, -0.25) is 0 Å². The summed E-state index contributed by atoms with van der Waals surface area (Å²) >= 11 is 1.84. The molecule has 1 atom stereocenters. The van der Waals surface area contributed by atoms with Crippen molar-refractivity contribution in [3.8, 4) is 0 Å². The second kappa shape index (κ2) is 4.06. The fourth-order valence-electron chi connectivity index (χ4n) is 1.49. The monoisotopic (exact) mass is 183 g/mol. The van der Waals surface area contributed by atoms with Crippen LogP contribution in [0.3, 0.4) is 0 Å². The maximum Gasteiger partial charge on any atom is 0.0305 e. The van der Waals surface area contributed by atoms with E-state index in [-0.39, 0.29) is 6.04 Å². The molecule has 0 radical (unpaired) electrons. The average molecular weight is 183 g/mol. The smallest absolute Gasteiger partial charge is 0.0305 e. The Morgan fingerprint density at radius 1 is 1.50 bits per heavy atom. The fourth-order valence-corrected chi connectivity index (χ4v) is 2.48. The molecular weight excluding hydrogens is 166 g/mol. The summed E-state index contributed by atoms with van der Waals surface area (Å²) in [7, 11) is 0. The Labute approximate surface area is 78.6 Å². The van der Waals surface area contributed by atoms with Crippen molar-refractivity contribution in [3.05, 3.63) is 21.4 Å². The van der Waals surface area contributed by atoms with E-state index >= 15 is 0 Å².